The van der Waals surface area contributed by atoms with Crippen LogP contribution in [0.25, 0.3) is 0 Å². The Morgan fingerprint density at radius 3 is 2.37 bits per heavy atom. The van der Waals surface area contributed by atoms with Crippen LogP contribution in [0.2, 0.25) is 0 Å². The van der Waals surface area contributed by atoms with Gasteiger partial charge in [0.1, 0.15) is 17.1 Å². The topological polar surface area (TPSA) is 70.7 Å². The van der Waals surface area contributed by atoms with Crippen LogP contribution in [0.5, 0.6) is 5.75 Å². The number of nitrogens with one attached hydrogen (secondary N) is 2. The van der Waals surface area contributed by atoms with Gasteiger partial charge in [-0.15, -0.1) is 0 Å². The molecule has 1 aromatic rings. The SMILES string of the molecule is COc1cc(F)cc(C(=O)NCC2CCN(CC(=O)NC(C)(C)C(F)(F)F)CC2)c1. The number of benzene rings is 1. The fraction of sp³-hybridized carbons (Fsp3) is 0.600. The average molecular weight is 433 g/mol. The van der Waals surface area contributed by atoms with Crippen LogP contribution >= 0.6 is 0 Å². The molecule has 1 aromatic carbocycles. The van der Waals surface area contributed by atoms with Crippen molar-refractivity contribution in [1.82, 2.24) is 15.5 Å². The molecule has 6 nitrogen and oxygen atoms in total. The molecular weight excluding hydrogens is 406 g/mol. The summed E-state index contributed by atoms with van der Waals surface area (Å²) in [4.78, 5) is 26.0. The third-order valence-electron chi connectivity index (χ3n) is 5.16. The van der Waals surface area contributed by atoms with E-state index in [1.807, 2.05) is 5.32 Å². The van der Waals surface area contributed by atoms with Crippen molar-refractivity contribution in [3.8, 4) is 5.75 Å². The Morgan fingerprint density at radius 1 is 1.17 bits per heavy atom. The van der Waals surface area contributed by atoms with Crippen molar-refractivity contribution < 1.29 is 31.9 Å². The third-order valence-corrected chi connectivity index (χ3v) is 5.16. The largest absolute Gasteiger partial charge is 0.497 e. The van der Waals surface area contributed by atoms with Gasteiger partial charge in [-0.25, -0.2) is 4.39 Å². The quantitative estimate of drug-likeness (QED) is 0.649. The highest BCUT2D eigenvalue weighted by molar-refractivity contribution is 5.94. The van der Waals surface area contributed by atoms with Gasteiger partial charge < -0.3 is 15.4 Å². The van der Waals surface area contributed by atoms with Crippen LogP contribution in [0.15, 0.2) is 18.2 Å². The molecular formula is C20H27F4N3O3. The van der Waals surface area contributed by atoms with Crippen LogP contribution in [0, 0.1) is 11.7 Å². The number of carbonyl (C=O) groups excluding carboxylic acids is 2. The van der Waals surface area contributed by atoms with Gasteiger partial charge in [0.05, 0.1) is 13.7 Å². The number of rotatable bonds is 7. The third kappa shape index (κ3) is 6.58. The highest BCUT2D eigenvalue weighted by atomic mass is 19.4. The standard InChI is InChI=1S/C20H27F4N3O3/c1-19(2,20(22,23)24)26-17(28)12-27-6-4-13(5-7-27)11-25-18(29)14-8-15(21)10-16(9-14)30-3/h8-10,13H,4-7,11-12H2,1-3H3,(H,25,29)(H,26,28). The van der Waals surface area contributed by atoms with Crippen LogP contribution in [-0.2, 0) is 4.79 Å². The average Bonchev–Trinajstić information content (AvgIpc) is 2.65. The van der Waals surface area contributed by atoms with Gasteiger partial charge in [0.15, 0.2) is 0 Å². The molecule has 168 valence electrons. The van der Waals surface area contributed by atoms with E-state index in [1.165, 1.54) is 19.2 Å². The van der Waals surface area contributed by atoms with Crippen LogP contribution in [0.4, 0.5) is 17.6 Å². The second-order valence-corrected chi connectivity index (χ2v) is 7.98. The van der Waals surface area contributed by atoms with E-state index in [2.05, 4.69) is 5.32 Å². The van der Waals surface area contributed by atoms with Crippen LogP contribution in [0.3, 0.4) is 0 Å². The van der Waals surface area contributed by atoms with Gasteiger partial charge in [-0.2, -0.15) is 13.2 Å². The number of nitrogens with zero attached hydrogens (tertiary/aromatic N) is 1. The molecule has 2 N–H and O–H groups in total. The van der Waals surface area contributed by atoms with E-state index in [9.17, 15) is 27.2 Å². The van der Waals surface area contributed by atoms with E-state index < -0.39 is 29.3 Å². The molecule has 0 radical (unpaired) electrons. The van der Waals surface area contributed by atoms with Crippen molar-refractivity contribution in [2.45, 2.75) is 38.4 Å². The maximum atomic E-state index is 13.5. The summed E-state index contributed by atoms with van der Waals surface area (Å²) in [6.07, 6.45) is -3.16. The lowest BCUT2D eigenvalue weighted by Gasteiger charge is -2.33. The maximum Gasteiger partial charge on any atom is 0.410 e. The lowest BCUT2D eigenvalue weighted by atomic mass is 9.96. The van der Waals surface area contributed by atoms with E-state index in [4.69, 9.17) is 4.74 Å². The first kappa shape index (κ1) is 23.9. The molecule has 1 heterocycles. The zero-order chi connectivity index (χ0) is 22.5. The first-order valence-electron chi connectivity index (χ1n) is 9.64. The van der Waals surface area contributed by atoms with Gasteiger partial charge in [-0.05, 0) is 57.8 Å². The molecule has 1 fully saturated rings. The summed E-state index contributed by atoms with van der Waals surface area (Å²) in [5.74, 6) is -1.25. The van der Waals surface area contributed by atoms with E-state index in [0.29, 0.717) is 32.5 Å². The zero-order valence-electron chi connectivity index (χ0n) is 17.2. The van der Waals surface area contributed by atoms with Crippen molar-refractivity contribution in [1.29, 1.82) is 0 Å². The number of hydrogen-bond donors (Lipinski definition) is 2. The highest BCUT2D eigenvalue weighted by Gasteiger charge is 2.48. The second-order valence-electron chi connectivity index (χ2n) is 7.98. The number of hydrogen-bond acceptors (Lipinski definition) is 4. The fourth-order valence-electron chi connectivity index (χ4n) is 3.16. The van der Waals surface area contributed by atoms with E-state index in [0.717, 1.165) is 19.9 Å². The number of methoxy groups -OCH3 is 1. The van der Waals surface area contributed by atoms with Crippen molar-refractivity contribution in [2.24, 2.45) is 5.92 Å². The molecule has 1 aliphatic heterocycles. The predicted octanol–water partition coefficient (Wildman–Crippen LogP) is 2.73. The molecule has 0 bridgehead atoms. The van der Waals surface area contributed by atoms with Crippen LogP contribution in [-0.4, -0.2) is 61.7 Å². The number of amides is 2. The molecule has 1 saturated heterocycles. The van der Waals surface area contributed by atoms with E-state index in [1.54, 1.807) is 4.90 Å². The van der Waals surface area contributed by atoms with Gasteiger partial charge in [0, 0.05) is 18.2 Å². The summed E-state index contributed by atoms with van der Waals surface area (Å²) in [6, 6.07) is 3.75. The summed E-state index contributed by atoms with van der Waals surface area (Å²) in [7, 11) is 1.38. The highest BCUT2D eigenvalue weighted by Crippen LogP contribution is 2.29. The lowest BCUT2D eigenvalue weighted by Crippen LogP contribution is -2.56. The van der Waals surface area contributed by atoms with Gasteiger partial charge in [-0.1, -0.05) is 0 Å². The molecule has 0 unspecified atom stereocenters. The van der Waals surface area contributed by atoms with Gasteiger partial charge in [0.25, 0.3) is 5.91 Å². The van der Waals surface area contributed by atoms with Crippen LogP contribution < -0.4 is 15.4 Å². The Labute approximate surface area is 172 Å². The van der Waals surface area contributed by atoms with Gasteiger partial charge in [-0.3, -0.25) is 14.5 Å². The molecule has 2 amide bonds. The fourth-order valence-corrected chi connectivity index (χ4v) is 3.16. The Kier molecular flexibility index (Phi) is 7.68. The van der Waals surface area contributed by atoms with Gasteiger partial charge in [0.2, 0.25) is 5.91 Å². The molecule has 2 rings (SSSR count). The Bertz CT molecular complexity index is 760. The minimum atomic E-state index is -4.53. The summed E-state index contributed by atoms with van der Waals surface area (Å²) < 4.78 is 57.1. The minimum absolute atomic E-state index is 0.109. The summed E-state index contributed by atoms with van der Waals surface area (Å²) in [5, 5.41) is 4.79. The summed E-state index contributed by atoms with van der Waals surface area (Å²) in [6.45, 7) is 3.20. The first-order valence-corrected chi connectivity index (χ1v) is 9.64. The van der Waals surface area contributed by atoms with E-state index >= 15 is 0 Å². The maximum absolute atomic E-state index is 13.5. The molecule has 0 saturated carbocycles. The number of halogens is 4. The number of ether oxygens (including phenoxy) is 1. The van der Waals surface area contributed by atoms with Crippen molar-refractivity contribution in [3.05, 3.63) is 29.6 Å². The zero-order valence-corrected chi connectivity index (χ0v) is 17.2. The monoisotopic (exact) mass is 433 g/mol. The first-order chi connectivity index (χ1) is 13.9. The summed E-state index contributed by atoms with van der Waals surface area (Å²) in [5.41, 5.74) is -2.13. The Morgan fingerprint density at radius 2 is 1.80 bits per heavy atom. The van der Waals surface area contributed by atoms with Crippen molar-refractivity contribution in [2.75, 3.05) is 33.3 Å². The van der Waals surface area contributed by atoms with Crippen LogP contribution in [0.1, 0.15) is 37.0 Å². The predicted molar refractivity (Wildman–Crippen MR) is 103 cm³/mol. The normalized spacial score (nSPS) is 16.2. The van der Waals surface area contributed by atoms with E-state index in [-0.39, 0.29) is 23.8 Å². The number of likely N-dealkylation sites (tertiary alicyclic amines) is 1. The molecule has 0 aliphatic carbocycles. The van der Waals surface area contributed by atoms with Crippen molar-refractivity contribution >= 4 is 11.8 Å². The van der Waals surface area contributed by atoms with Gasteiger partial charge >= 0.3 is 6.18 Å². The molecule has 0 atom stereocenters. The Balaban J connectivity index is 1.76. The minimum Gasteiger partial charge on any atom is -0.497 e. The number of piperidine rings is 1. The second kappa shape index (κ2) is 9.63. The summed E-state index contributed by atoms with van der Waals surface area (Å²) >= 11 is 0. The number of alkyl halides is 3. The molecule has 0 spiro atoms. The molecule has 1 aliphatic rings. The molecule has 10 heteroatoms. The lowest BCUT2D eigenvalue weighted by molar-refractivity contribution is -0.188. The molecule has 0 aromatic heterocycles. The number of carbonyl (C=O) groups is 2. The smallest absolute Gasteiger partial charge is 0.410 e. The Hall–Kier alpha value is -2.36. The van der Waals surface area contributed by atoms with Crippen molar-refractivity contribution in [3.63, 3.8) is 0 Å². The molecule has 30 heavy (non-hydrogen) atoms.